The van der Waals surface area contributed by atoms with Gasteiger partial charge in [-0.3, -0.25) is 0 Å². The third kappa shape index (κ3) is 2.67. The van der Waals surface area contributed by atoms with Gasteiger partial charge in [0.1, 0.15) is 5.75 Å². The average Bonchev–Trinajstić information content (AvgIpc) is 2.76. The fourth-order valence-electron chi connectivity index (χ4n) is 2.63. The third-order valence-electron chi connectivity index (χ3n) is 3.76. The number of aromatic nitrogens is 2. The van der Waals surface area contributed by atoms with Crippen LogP contribution in [0.25, 0.3) is 11.0 Å². The summed E-state index contributed by atoms with van der Waals surface area (Å²) in [6, 6.07) is 6.07. The highest BCUT2D eigenvalue weighted by molar-refractivity contribution is 7.99. The molecule has 1 aliphatic rings. The lowest BCUT2D eigenvalue weighted by atomic mass is 10.0. The second-order valence-electron chi connectivity index (χ2n) is 4.98. The Kier molecular flexibility index (Phi) is 3.84. The number of hydrogen-bond acceptors (Lipinski definition) is 3. The second kappa shape index (κ2) is 5.59. The van der Waals surface area contributed by atoms with Gasteiger partial charge in [-0.2, -0.15) is 11.8 Å². The zero-order valence-corrected chi connectivity index (χ0v) is 12.6. The number of aromatic amines is 1. The van der Waals surface area contributed by atoms with E-state index in [1.807, 2.05) is 12.1 Å². The fraction of sp³-hybridized carbons (Fsp3) is 0.500. The number of imidazole rings is 1. The summed E-state index contributed by atoms with van der Waals surface area (Å²) in [5.41, 5.74) is 2.25. The van der Waals surface area contributed by atoms with E-state index in [-0.39, 0.29) is 0 Å². The van der Waals surface area contributed by atoms with E-state index in [1.165, 1.54) is 24.3 Å². The van der Waals surface area contributed by atoms with E-state index in [0.29, 0.717) is 0 Å². The van der Waals surface area contributed by atoms with Crippen LogP contribution < -0.4 is 4.74 Å². The number of H-pyrrole nitrogens is 1. The summed E-state index contributed by atoms with van der Waals surface area (Å²) in [4.78, 5) is 3.28. The van der Waals surface area contributed by atoms with Crippen molar-refractivity contribution in [1.29, 1.82) is 0 Å². The first-order chi connectivity index (χ1) is 9.28. The van der Waals surface area contributed by atoms with Gasteiger partial charge in [-0.05, 0) is 54.6 Å². The maximum Gasteiger partial charge on any atom is 0.178 e. The van der Waals surface area contributed by atoms with Gasteiger partial charge >= 0.3 is 0 Å². The Balaban J connectivity index is 1.96. The smallest absolute Gasteiger partial charge is 0.178 e. The first kappa shape index (κ1) is 13.1. The van der Waals surface area contributed by atoms with Crippen molar-refractivity contribution in [2.75, 3.05) is 18.6 Å². The summed E-state index contributed by atoms with van der Waals surface area (Å²) in [5.74, 6) is 4.19. The van der Waals surface area contributed by atoms with Crippen LogP contribution >= 0.6 is 24.0 Å². The van der Waals surface area contributed by atoms with E-state index < -0.39 is 0 Å². The highest BCUT2D eigenvalue weighted by Crippen LogP contribution is 2.27. The number of fused-ring (bicyclic) bond motifs is 1. The van der Waals surface area contributed by atoms with Crippen molar-refractivity contribution in [1.82, 2.24) is 9.55 Å². The predicted molar refractivity (Wildman–Crippen MR) is 83.7 cm³/mol. The molecule has 0 radical (unpaired) electrons. The normalized spacial score (nSPS) is 16.9. The molecule has 0 unspecified atom stereocenters. The SMILES string of the molecule is COc1ccc2[nH]c(=S)n(CC3CCSCC3)c2c1. The van der Waals surface area contributed by atoms with Crippen LogP contribution in [0.2, 0.25) is 0 Å². The number of methoxy groups -OCH3 is 1. The molecule has 0 bridgehead atoms. The van der Waals surface area contributed by atoms with Crippen LogP contribution in [0.3, 0.4) is 0 Å². The molecule has 1 aliphatic heterocycles. The molecule has 0 atom stereocenters. The van der Waals surface area contributed by atoms with Crippen LogP contribution in [0.5, 0.6) is 5.75 Å². The first-order valence-corrected chi connectivity index (χ1v) is 8.18. The molecule has 1 N–H and O–H groups in total. The van der Waals surface area contributed by atoms with E-state index >= 15 is 0 Å². The Morgan fingerprint density at radius 1 is 1.42 bits per heavy atom. The van der Waals surface area contributed by atoms with Crippen molar-refractivity contribution in [3.05, 3.63) is 23.0 Å². The zero-order valence-electron chi connectivity index (χ0n) is 11.0. The molecule has 0 aliphatic carbocycles. The molecule has 102 valence electrons. The molecule has 2 aromatic rings. The number of nitrogens with zero attached hydrogens (tertiary/aromatic N) is 1. The Morgan fingerprint density at radius 2 is 2.21 bits per heavy atom. The lowest BCUT2D eigenvalue weighted by Crippen LogP contribution is -2.16. The van der Waals surface area contributed by atoms with Crippen LogP contribution in [0.4, 0.5) is 0 Å². The van der Waals surface area contributed by atoms with E-state index in [4.69, 9.17) is 17.0 Å². The molecular formula is C14H18N2OS2. The van der Waals surface area contributed by atoms with Gasteiger partial charge in [0.15, 0.2) is 4.77 Å². The van der Waals surface area contributed by atoms with E-state index in [0.717, 1.165) is 34.0 Å². The van der Waals surface area contributed by atoms with E-state index in [9.17, 15) is 0 Å². The lowest BCUT2D eigenvalue weighted by molar-refractivity contribution is 0.412. The summed E-state index contributed by atoms with van der Waals surface area (Å²) >= 11 is 7.52. The van der Waals surface area contributed by atoms with Gasteiger partial charge < -0.3 is 14.3 Å². The standard InChI is InChI=1S/C14H18N2OS2/c1-17-11-2-3-12-13(8-11)16(14(18)15-12)9-10-4-6-19-7-5-10/h2-3,8,10H,4-7,9H2,1H3,(H,15,18). The molecule has 3 rings (SSSR count). The largest absolute Gasteiger partial charge is 0.497 e. The number of hydrogen-bond donors (Lipinski definition) is 1. The minimum Gasteiger partial charge on any atom is -0.497 e. The van der Waals surface area contributed by atoms with Crippen molar-refractivity contribution in [3.63, 3.8) is 0 Å². The Labute approximate surface area is 122 Å². The number of benzene rings is 1. The highest BCUT2D eigenvalue weighted by Gasteiger charge is 2.16. The number of ether oxygens (including phenoxy) is 1. The molecule has 1 fully saturated rings. The summed E-state index contributed by atoms with van der Waals surface area (Å²) in [6.45, 7) is 1.02. The molecule has 3 nitrogen and oxygen atoms in total. The minimum absolute atomic E-state index is 0.748. The lowest BCUT2D eigenvalue weighted by Gasteiger charge is -2.22. The maximum absolute atomic E-state index is 5.46. The van der Waals surface area contributed by atoms with Crippen molar-refractivity contribution in [2.45, 2.75) is 19.4 Å². The molecule has 0 amide bonds. The van der Waals surface area contributed by atoms with Gasteiger partial charge in [-0.1, -0.05) is 0 Å². The van der Waals surface area contributed by atoms with Crippen molar-refractivity contribution >= 4 is 35.0 Å². The van der Waals surface area contributed by atoms with E-state index in [1.54, 1.807) is 7.11 Å². The van der Waals surface area contributed by atoms with Crippen molar-refractivity contribution in [3.8, 4) is 5.75 Å². The van der Waals surface area contributed by atoms with Gasteiger partial charge in [0.2, 0.25) is 0 Å². The van der Waals surface area contributed by atoms with Crippen LogP contribution in [-0.4, -0.2) is 28.2 Å². The molecule has 5 heteroatoms. The molecule has 0 spiro atoms. The van der Waals surface area contributed by atoms with Gasteiger partial charge in [-0.25, -0.2) is 0 Å². The minimum atomic E-state index is 0.748. The summed E-state index contributed by atoms with van der Waals surface area (Å²) in [7, 11) is 1.70. The Hall–Kier alpha value is -0.940. The van der Waals surface area contributed by atoms with Crippen molar-refractivity contribution in [2.24, 2.45) is 5.92 Å². The fourth-order valence-corrected chi connectivity index (χ4v) is 4.11. The molecular weight excluding hydrogens is 276 g/mol. The Morgan fingerprint density at radius 3 is 2.95 bits per heavy atom. The zero-order chi connectivity index (χ0) is 13.2. The predicted octanol–water partition coefficient (Wildman–Crippen LogP) is 3.85. The number of rotatable bonds is 3. The van der Waals surface area contributed by atoms with Crippen molar-refractivity contribution < 1.29 is 4.74 Å². The highest BCUT2D eigenvalue weighted by atomic mass is 32.2. The van der Waals surface area contributed by atoms with Crippen LogP contribution in [0.1, 0.15) is 12.8 Å². The average molecular weight is 294 g/mol. The number of nitrogens with one attached hydrogen (secondary N) is 1. The third-order valence-corrected chi connectivity index (χ3v) is 5.14. The topological polar surface area (TPSA) is 29.9 Å². The molecule has 2 heterocycles. The van der Waals surface area contributed by atoms with Gasteiger partial charge in [-0.15, -0.1) is 0 Å². The molecule has 19 heavy (non-hydrogen) atoms. The summed E-state index contributed by atoms with van der Waals surface area (Å²) in [5, 5.41) is 0. The van der Waals surface area contributed by atoms with Gasteiger partial charge in [0, 0.05) is 12.6 Å². The Bertz CT molecular complexity index is 626. The monoisotopic (exact) mass is 294 g/mol. The molecule has 1 aromatic carbocycles. The summed E-state index contributed by atoms with van der Waals surface area (Å²) < 4.78 is 8.36. The molecule has 1 saturated heterocycles. The number of thioether (sulfide) groups is 1. The maximum atomic E-state index is 5.46. The first-order valence-electron chi connectivity index (χ1n) is 6.62. The molecule has 1 aromatic heterocycles. The van der Waals surface area contributed by atoms with E-state index in [2.05, 4.69) is 27.4 Å². The molecule has 0 saturated carbocycles. The second-order valence-corrected chi connectivity index (χ2v) is 6.59. The van der Waals surface area contributed by atoms with Crippen LogP contribution in [0.15, 0.2) is 18.2 Å². The van der Waals surface area contributed by atoms with Gasteiger partial charge in [0.05, 0.1) is 18.1 Å². The van der Waals surface area contributed by atoms with Gasteiger partial charge in [0.25, 0.3) is 0 Å². The quantitative estimate of drug-likeness (QED) is 0.872. The van der Waals surface area contributed by atoms with Crippen LogP contribution in [0, 0.1) is 10.7 Å². The van der Waals surface area contributed by atoms with Crippen LogP contribution in [-0.2, 0) is 6.54 Å². The summed E-state index contributed by atoms with van der Waals surface area (Å²) in [6.07, 6.45) is 2.59.